The fourth-order valence-electron chi connectivity index (χ4n) is 1.51. The van der Waals surface area contributed by atoms with E-state index in [1.165, 1.54) is 0 Å². The fourth-order valence-corrected chi connectivity index (χ4v) is 1.51. The summed E-state index contributed by atoms with van der Waals surface area (Å²) in [6.45, 7) is 6.47. The summed E-state index contributed by atoms with van der Waals surface area (Å²) in [6.07, 6.45) is 2.89. The van der Waals surface area contributed by atoms with Crippen LogP contribution in [0.4, 0.5) is 5.69 Å². The van der Waals surface area contributed by atoms with Crippen LogP contribution in [0.5, 0.6) is 5.88 Å². The molecule has 106 valence electrons. The van der Waals surface area contributed by atoms with Crippen molar-refractivity contribution in [1.29, 1.82) is 0 Å². The van der Waals surface area contributed by atoms with Crippen LogP contribution in [-0.4, -0.2) is 23.5 Å². The molecule has 19 heavy (non-hydrogen) atoms. The lowest BCUT2D eigenvalue weighted by Crippen LogP contribution is -2.17. The molecule has 1 aromatic heterocycles. The van der Waals surface area contributed by atoms with Crippen molar-refractivity contribution in [2.45, 2.75) is 39.7 Å². The molecule has 1 aromatic rings. The quantitative estimate of drug-likeness (QED) is 0.792. The maximum absolute atomic E-state index is 11.8. The lowest BCUT2D eigenvalue weighted by Gasteiger charge is -2.14. The molecule has 1 rings (SSSR count). The molecule has 0 aliphatic heterocycles. The first-order chi connectivity index (χ1) is 9.02. The third kappa shape index (κ3) is 5.70. The van der Waals surface area contributed by atoms with Gasteiger partial charge in [-0.15, -0.1) is 0 Å². The third-order valence-electron chi connectivity index (χ3n) is 2.66. The maximum atomic E-state index is 11.8. The minimum atomic E-state index is -0.0399. The second-order valence-electron chi connectivity index (χ2n) is 4.95. The van der Waals surface area contributed by atoms with Gasteiger partial charge in [0.2, 0.25) is 11.8 Å². The molecule has 1 amide bonds. The van der Waals surface area contributed by atoms with Crippen molar-refractivity contribution in [1.82, 2.24) is 4.98 Å². The largest absolute Gasteiger partial charge is 0.473 e. The van der Waals surface area contributed by atoms with Crippen molar-refractivity contribution < 1.29 is 9.53 Å². The van der Waals surface area contributed by atoms with Gasteiger partial charge in [0.1, 0.15) is 5.69 Å². The Morgan fingerprint density at radius 1 is 1.47 bits per heavy atom. The molecule has 1 unspecified atom stereocenters. The van der Waals surface area contributed by atoms with Gasteiger partial charge in [-0.05, 0) is 44.9 Å². The Labute approximate surface area is 114 Å². The zero-order valence-electron chi connectivity index (χ0n) is 11.8. The number of aromatic nitrogens is 1. The van der Waals surface area contributed by atoms with Gasteiger partial charge >= 0.3 is 0 Å². The van der Waals surface area contributed by atoms with E-state index in [4.69, 9.17) is 10.5 Å². The first-order valence-corrected chi connectivity index (χ1v) is 6.64. The Bertz CT molecular complexity index is 407. The predicted octanol–water partition coefficient (Wildman–Crippen LogP) is 2.18. The molecule has 0 bridgehead atoms. The highest BCUT2D eigenvalue weighted by Crippen LogP contribution is 2.22. The highest BCUT2D eigenvalue weighted by molar-refractivity contribution is 5.91. The number of nitrogens with two attached hydrogens (primary N) is 1. The molecule has 0 saturated carbocycles. The van der Waals surface area contributed by atoms with Crippen molar-refractivity contribution in [2.24, 2.45) is 11.7 Å². The number of carbonyl (C=O) groups excluding carboxylic acids is 1. The number of rotatable bonds is 7. The van der Waals surface area contributed by atoms with E-state index in [1.807, 2.05) is 20.8 Å². The first kappa shape index (κ1) is 15.4. The molecule has 1 heterocycles. The summed E-state index contributed by atoms with van der Waals surface area (Å²) >= 11 is 0. The predicted molar refractivity (Wildman–Crippen MR) is 76.1 cm³/mol. The van der Waals surface area contributed by atoms with E-state index < -0.39 is 0 Å². The van der Waals surface area contributed by atoms with Crippen LogP contribution in [0.2, 0.25) is 0 Å². The van der Waals surface area contributed by atoms with Gasteiger partial charge in [0, 0.05) is 12.6 Å². The van der Waals surface area contributed by atoms with Gasteiger partial charge < -0.3 is 15.8 Å². The fraction of sp³-hybridized carbons (Fsp3) is 0.571. The summed E-state index contributed by atoms with van der Waals surface area (Å²) in [5.74, 6) is 0.769. The summed E-state index contributed by atoms with van der Waals surface area (Å²) < 4.78 is 5.55. The highest BCUT2D eigenvalue weighted by Gasteiger charge is 2.11. The third-order valence-corrected chi connectivity index (χ3v) is 2.66. The summed E-state index contributed by atoms with van der Waals surface area (Å²) in [5.41, 5.74) is 6.14. The second-order valence-corrected chi connectivity index (χ2v) is 4.95. The highest BCUT2D eigenvalue weighted by atomic mass is 16.5. The number of pyridine rings is 1. The Kier molecular flexibility index (Phi) is 6.29. The van der Waals surface area contributed by atoms with Gasteiger partial charge in [0.25, 0.3) is 0 Å². The molecule has 0 fully saturated rings. The number of anilines is 1. The van der Waals surface area contributed by atoms with Crippen LogP contribution in [0.15, 0.2) is 18.3 Å². The molecule has 0 aliphatic carbocycles. The standard InChI is InChI=1S/C14H23N3O2/c1-10(2)19-14-12(5-4-8-16-14)17-13(18)7-6-11(3)9-15/h4-5,8,10-11H,6-7,9,15H2,1-3H3,(H,17,18). The molecule has 3 N–H and O–H groups in total. The second kappa shape index (κ2) is 7.74. The topological polar surface area (TPSA) is 77.2 Å². The maximum Gasteiger partial charge on any atom is 0.238 e. The van der Waals surface area contributed by atoms with Crippen LogP contribution in [0.1, 0.15) is 33.6 Å². The van der Waals surface area contributed by atoms with E-state index in [9.17, 15) is 4.79 Å². The van der Waals surface area contributed by atoms with Gasteiger partial charge in [0.05, 0.1) is 6.10 Å². The number of hydrogen-bond acceptors (Lipinski definition) is 4. The number of nitrogens with one attached hydrogen (secondary N) is 1. The lowest BCUT2D eigenvalue weighted by atomic mass is 10.1. The van der Waals surface area contributed by atoms with Gasteiger partial charge in [-0.2, -0.15) is 0 Å². The molecule has 5 nitrogen and oxygen atoms in total. The van der Waals surface area contributed by atoms with Crippen molar-refractivity contribution in [3.63, 3.8) is 0 Å². The van der Waals surface area contributed by atoms with Crippen LogP contribution in [0.25, 0.3) is 0 Å². The summed E-state index contributed by atoms with van der Waals surface area (Å²) in [7, 11) is 0. The van der Waals surface area contributed by atoms with Crippen LogP contribution in [0, 0.1) is 5.92 Å². The van der Waals surface area contributed by atoms with E-state index >= 15 is 0 Å². The van der Waals surface area contributed by atoms with Crippen molar-refractivity contribution in [2.75, 3.05) is 11.9 Å². The number of hydrogen-bond donors (Lipinski definition) is 2. The minimum absolute atomic E-state index is 0.0165. The molecule has 0 spiro atoms. The normalized spacial score (nSPS) is 12.3. The average molecular weight is 265 g/mol. The molecule has 0 saturated heterocycles. The SMILES string of the molecule is CC(CN)CCC(=O)Nc1cccnc1OC(C)C. The molecular weight excluding hydrogens is 242 g/mol. The molecular formula is C14H23N3O2. The summed E-state index contributed by atoms with van der Waals surface area (Å²) in [4.78, 5) is 16.0. The molecule has 1 atom stereocenters. The van der Waals surface area contributed by atoms with E-state index in [-0.39, 0.29) is 12.0 Å². The van der Waals surface area contributed by atoms with Crippen LogP contribution in [0.3, 0.4) is 0 Å². The molecule has 0 aromatic carbocycles. The van der Waals surface area contributed by atoms with Gasteiger partial charge in [-0.3, -0.25) is 4.79 Å². The van der Waals surface area contributed by atoms with Gasteiger partial charge in [-0.25, -0.2) is 4.98 Å². The van der Waals surface area contributed by atoms with Gasteiger partial charge in [-0.1, -0.05) is 6.92 Å². The van der Waals surface area contributed by atoms with E-state index in [0.717, 1.165) is 6.42 Å². The Balaban J connectivity index is 2.58. The van der Waals surface area contributed by atoms with Crippen molar-refractivity contribution in [3.8, 4) is 5.88 Å². The number of nitrogens with zero attached hydrogens (tertiary/aromatic N) is 1. The Morgan fingerprint density at radius 2 is 2.21 bits per heavy atom. The van der Waals surface area contributed by atoms with Crippen LogP contribution < -0.4 is 15.8 Å². The minimum Gasteiger partial charge on any atom is -0.473 e. The molecule has 5 heteroatoms. The van der Waals surface area contributed by atoms with E-state index in [1.54, 1.807) is 18.3 Å². The molecule has 0 radical (unpaired) electrons. The van der Waals surface area contributed by atoms with Gasteiger partial charge in [0.15, 0.2) is 0 Å². The first-order valence-electron chi connectivity index (χ1n) is 6.64. The average Bonchev–Trinajstić information content (AvgIpc) is 2.37. The Hall–Kier alpha value is -1.62. The zero-order chi connectivity index (χ0) is 14.3. The van der Waals surface area contributed by atoms with E-state index in [0.29, 0.717) is 30.5 Å². The van der Waals surface area contributed by atoms with Crippen molar-refractivity contribution >= 4 is 11.6 Å². The van der Waals surface area contributed by atoms with Crippen molar-refractivity contribution in [3.05, 3.63) is 18.3 Å². The van der Waals surface area contributed by atoms with Crippen LogP contribution >= 0.6 is 0 Å². The number of amides is 1. The van der Waals surface area contributed by atoms with Crippen LogP contribution in [-0.2, 0) is 4.79 Å². The Morgan fingerprint density at radius 3 is 2.84 bits per heavy atom. The van der Waals surface area contributed by atoms with E-state index in [2.05, 4.69) is 10.3 Å². The number of carbonyl (C=O) groups is 1. The summed E-state index contributed by atoms with van der Waals surface area (Å²) in [6, 6.07) is 3.56. The monoisotopic (exact) mass is 265 g/mol. The molecule has 0 aliphatic rings. The zero-order valence-corrected chi connectivity index (χ0v) is 11.8. The summed E-state index contributed by atoms with van der Waals surface area (Å²) in [5, 5.41) is 2.83. The number of ether oxygens (including phenoxy) is 1. The lowest BCUT2D eigenvalue weighted by molar-refractivity contribution is -0.116. The smallest absolute Gasteiger partial charge is 0.238 e.